The summed E-state index contributed by atoms with van der Waals surface area (Å²) in [5, 5.41) is 2.59. The zero-order valence-corrected chi connectivity index (χ0v) is 34.3. The minimum absolute atomic E-state index is 0.433. The molecule has 0 saturated heterocycles. The minimum atomic E-state index is -0.433. The van der Waals surface area contributed by atoms with Gasteiger partial charge >= 0.3 is 0 Å². The number of aromatic nitrogens is 3. The fourth-order valence-electron chi connectivity index (χ4n) is 10.4. The molecule has 0 amide bonds. The summed E-state index contributed by atoms with van der Waals surface area (Å²) in [5.74, 6) is 1.91. The molecule has 0 bridgehead atoms. The van der Waals surface area contributed by atoms with E-state index in [2.05, 4.69) is 194 Å². The smallest absolute Gasteiger partial charge is 0.164 e. The molecule has 0 fully saturated rings. The third-order valence-electron chi connectivity index (χ3n) is 13.0. The standard InChI is InChI=1S/C58H35N3S/c1-2-16-36(17-3-1)55-59-56(39-19-14-18-37(34-39)38-32-33-44-43-23-9-13-31-52(43)62-53(44)35-38)61-57(60-55)46-24-5-4-20-40(46)45-26-15-30-51-54(45)47-25-8-12-29-50(47)58(51)48-27-10-6-21-41(48)42-22-7-11-28-49(42)58/h1-35H. The Labute approximate surface area is 363 Å². The van der Waals surface area contributed by atoms with Gasteiger partial charge in [0.25, 0.3) is 0 Å². The second kappa shape index (κ2) is 13.6. The topological polar surface area (TPSA) is 38.7 Å². The maximum absolute atomic E-state index is 5.35. The number of hydrogen-bond acceptors (Lipinski definition) is 4. The third-order valence-corrected chi connectivity index (χ3v) is 14.1. The normalized spacial score (nSPS) is 13.0. The van der Waals surface area contributed by atoms with Crippen molar-refractivity contribution in [2.24, 2.45) is 0 Å². The van der Waals surface area contributed by atoms with E-state index >= 15 is 0 Å². The summed E-state index contributed by atoms with van der Waals surface area (Å²) >= 11 is 1.84. The Hall–Kier alpha value is -7.79. The van der Waals surface area contributed by atoms with Crippen LogP contribution in [0.15, 0.2) is 212 Å². The summed E-state index contributed by atoms with van der Waals surface area (Å²) in [7, 11) is 0. The third kappa shape index (κ3) is 5.08. The van der Waals surface area contributed by atoms with Crippen molar-refractivity contribution in [2.45, 2.75) is 5.41 Å². The molecule has 3 nitrogen and oxygen atoms in total. The molecule has 0 aliphatic heterocycles. The van der Waals surface area contributed by atoms with Crippen LogP contribution < -0.4 is 0 Å². The molecule has 2 aromatic heterocycles. The van der Waals surface area contributed by atoms with E-state index in [9.17, 15) is 0 Å². The van der Waals surface area contributed by atoms with Gasteiger partial charge < -0.3 is 0 Å². The van der Waals surface area contributed by atoms with Crippen molar-refractivity contribution in [2.75, 3.05) is 0 Å². The van der Waals surface area contributed by atoms with Crippen molar-refractivity contribution in [3.63, 3.8) is 0 Å². The van der Waals surface area contributed by atoms with E-state index in [0.717, 1.165) is 38.9 Å². The summed E-state index contributed by atoms with van der Waals surface area (Å²) in [6.45, 7) is 0. The van der Waals surface area contributed by atoms with Gasteiger partial charge in [-0.25, -0.2) is 15.0 Å². The molecule has 0 N–H and O–H groups in total. The molecule has 2 heterocycles. The average molecular weight is 806 g/mol. The SMILES string of the molecule is c1ccc(-c2nc(-c3cccc(-c4ccc5c(c4)sc4ccccc45)c3)nc(-c3ccccc3-c3cccc4c3-c3ccccc3C43c4ccccc4-c4ccccc43)n2)cc1. The zero-order chi connectivity index (χ0) is 40.8. The first-order chi connectivity index (χ1) is 30.7. The van der Waals surface area contributed by atoms with Gasteiger partial charge in [-0.05, 0) is 85.0 Å². The zero-order valence-electron chi connectivity index (χ0n) is 33.5. The molecule has 0 radical (unpaired) electrons. The van der Waals surface area contributed by atoms with Crippen LogP contribution in [0.5, 0.6) is 0 Å². The second-order valence-electron chi connectivity index (χ2n) is 16.2. The van der Waals surface area contributed by atoms with Gasteiger partial charge in [-0.1, -0.05) is 194 Å². The fourth-order valence-corrected chi connectivity index (χ4v) is 11.5. The largest absolute Gasteiger partial charge is 0.208 e. The van der Waals surface area contributed by atoms with Crippen LogP contribution in [0.3, 0.4) is 0 Å². The summed E-state index contributed by atoms with van der Waals surface area (Å²) < 4.78 is 2.58. The Morgan fingerprint density at radius 3 is 1.56 bits per heavy atom. The molecule has 288 valence electrons. The van der Waals surface area contributed by atoms with Crippen molar-refractivity contribution in [1.29, 1.82) is 0 Å². The average Bonchev–Trinajstić information content (AvgIpc) is 3.98. The number of fused-ring (bicyclic) bond motifs is 13. The summed E-state index contributed by atoms with van der Waals surface area (Å²) in [6, 6.07) is 76.7. The highest BCUT2D eigenvalue weighted by Gasteiger charge is 2.52. The van der Waals surface area contributed by atoms with Gasteiger partial charge in [0.1, 0.15) is 0 Å². The first-order valence-corrected chi connectivity index (χ1v) is 21.9. The van der Waals surface area contributed by atoms with E-state index in [0.29, 0.717) is 17.5 Å². The van der Waals surface area contributed by atoms with E-state index in [1.54, 1.807) is 0 Å². The summed E-state index contributed by atoms with van der Waals surface area (Å²) in [5.41, 5.74) is 17.3. The van der Waals surface area contributed by atoms with Crippen molar-refractivity contribution >= 4 is 31.5 Å². The molecular formula is C58H35N3S. The Balaban J connectivity index is 0.995. The lowest BCUT2D eigenvalue weighted by Gasteiger charge is -2.30. The van der Waals surface area contributed by atoms with E-state index in [4.69, 9.17) is 15.0 Å². The van der Waals surface area contributed by atoms with Crippen LogP contribution >= 0.6 is 11.3 Å². The van der Waals surface area contributed by atoms with Gasteiger partial charge in [-0.2, -0.15) is 0 Å². The molecule has 4 heteroatoms. The quantitative estimate of drug-likeness (QED) is 0.174. The van der Waals surface area contributed by atoms with Gasteiger partial charge in [0, 0.05) is 36.9 Å². The molecule has 2 aliphatic rings. The molecule has 0 saturated carbocycles. The Morgan fingerprint density at radius 1 is 0.290 bits per heavy atom. The Bertz CT molecular complexity index is 3560. The highest BCUT2D eigenvalue weighted by Crippen LogP contribution is 2.64. The lowest BCUT2D eigenvalue weighted by Crippen LogP contribution is -2.25. The van der Waals surface area contributed by atoms with E-state index in [1.807, 2.05) is 29.5 Å². The maximum Gasteiger partial charge on any atom is 0.164 e. The van der Waals surface area contributed by atoms with Crippen molar-refractivity contribution in [3.8, 4) is 78.7 Å². The predicted octanol–water partition coefficient (Wildman–Crippen LogP) is 14.9. The molecule has 9 aromatic carbocycles. The molecule has 62 heavy (non-hydrogen) atoms. The molecule has 2 aliphatic carbocycles. The van der Waals surface area contributed by atoms with E-state index in [1.165, 1.54) is 64.7 Å². The van der Waals surface area contributed by atoms with Crippen LogP contribution in [0.2, 0.25) is 0 Å². The minimum Gasteiger partial charge on any atom is -0.208 e. The first kappa shape index (κ1) is 35.0. The highest BCUT2D eigenvalue weighted by molar-refractivity contribution is 7.25. The summed E-state index contributed by atoms with van der Waals surface area (Å²) in [6.07, 6.45) is 0. The van der Waals surface area contributed by atoms with Crippen LogP contribution in [-0.4, -0.2) is 15.0 Å². The fraction of sp³-hybridized carbons (Fsp3) is 0.0172. The number of thiophene rings is 1. The van der Waals surface area contributed by atoms with Crippen molar-refractivity contribution < 1.29 is 0 Å². The van der Waals surface area contributed by atoms with Crippen LogP contribution in [-0.2, 0) is 5.41 Å². The number of hydrogen-bond donors (Lipinski definition) is 0. The molecule has 0 atom stereocenters. The monoisotopic (exact) mass is 805 g/mol. The van der Waals surface area contributed by atoms with Crippen molar-refractivity contribution in [3.05, 3.63) is 235 Å². The molecule has 11 aromatic rings. The molecule has 13 rings (SSSR count). The van der Waals surface area contributed by atoms with E-state index in [-0.39, 0.29) is 0 Å². The first-order valence-electron chi connectivity index (χ1n) is 21.1. The Kier molecular flexibility index (Phi) is 7.69. The van der Waals surface area contributed by atoms with Gasteiger partial charge in [-0.15, -0.1) is 11.3 Å². The Morgan fingerprint density at radius 2 is 0.790 bits per heavy atom. The highest BCUT2D eigenvalue weighted by atomic mass is 32.1. The second-order valence-corrected chi connectivity index (χ2v) is 17.3. The molecular weight excluding hydrogens is 771 g/mol. The summed E-state index contributed by atoms with van der Waals surface area (Å²) in [4.78, 5) is 15.8. The van der Waals surface area contributed by atoms with Crippen LogP contribution in [0.25, 0.3) is 98.8 Å². The molecule has 0 unspecified atom stereocenters. The number of rotatable bonds is 5. The van der Waals surface area contributed by atoms with Gasteiger partial charge in [-0.3, -0.25) is 0 Å². The maximum atomic E-state index is 5.35. The van der Waals surface area contributed by atoms with Gasteiger partial charge in [0.05, 0.1) is 5.41 Å². The van der Waals surface area contributed by atoms with Crippen LogP contribution in [0, 0.1) is 0 Å². The molecule has 1 spiro atoms. The van der Waals surface area contributed by atoms with Gasteiger partial charge in [0.15, 0.2) is 17.5 Å². The van der Waals surface area contributed by atoms with E-state index < -0.39 is 5.41 Å². The lowest BCUT2D eigenvalue weighted by atomic mass is 9.70. The van der Waals surface area contributed by atoms with Gasteiger partial charge in [0.2, 0.25) is 0 Å². The van der Waals surface area contributed by atoms with Crippen molar-refractivity contribution in [1.82, 2.24) is 15.0 Å². The van der Waals surface area contributed by atoms with Crippen LogP contribution in [0.1, 0.15) is 22.3 Å². The predicted molar refractivity (Wildman–Crippen MR) is 256 cm³/mol. The number of nitrogens with zero attached hydrogens (tertiary/aromatic N) is 3. The lowest BCUT2D eigenvalue weighted by molar-refractivity contribution is 0.794. The van der Waals surface area contributed by atoms with Crippen LogP contribution in [0.4, 0.5) is 0 Å². The number of benzene rings is 9.